The third-order valence-electron chi connectivity index (χ3n) is 3.57. The fraction of sp³-hybridized carbons (Fsp3) is 0. The molecule has 3 aromatic heterocycles. The highest BCUT2D eigenvalue weighted by atomic mass is 16.3. The summed E-state index contributed by atoms with van der Waals surface area (Å²) < 4.78 is 0. The molecule has 3 N–H and O–H groups in total. The van der Waals surface area contributed by atoms with E-state index < -0.39 is 0 Å². The van der Waals surface area contributed by atoms with Crippen molar-refractivity contribution in [1.82, 2.24) is 15.0 Å². The third kappa shape index (κ3) is 1.56. The number of benzene rings is 1. The van der Waals surface area contributed by atoms with Gasteiger partial charge in [-0.1, -0.05) is 18.2 Å². The molecule has 21 heavy (non-hydrogen) atoms. The van der Waals surface area contributed by atoms with Crippen LogP contribution in [0.2, 0.25) is 0 Å². The van der Waals surface area contributed by atoms with Crippen LogP contribution in [0.5, 0.6) is 5.88 Å². The predicted octanol–water partition coefficient (Wildman–Crippen LogP) is 3.81. The van der Waals surface area contributed by atoms with Crippen LogP contribution in [0.4, 0.5) is 5.69 Å². The monoisotopic (exact) mass is 278 g/mol. The smallest absolute Gasteiger partial charge is 0.200 e. The van der Waals surface area contributed by atoms with Crippen molar-refractivity contribution in [2.24, 2.45) is 5.18 Å². The number of hydrogen-bond donors (Lipinski definition) is 3. The largest absolute Gasteiger partial charge is 0.494 e. The number of aromatic hydroxyl groups is 1. The number of rotatable bonds is 2. The molecule has 0 amide bonds. The predicted molar refractivity (Wildman–Crippen MR) is 80.5 cm³/mol. The van der Waals surface area contributed by atoms with Crippen molar-refractivity contribution in [1.29, 1.82) is 0 Å². The van der Waals surface area contributed by atoms with Gasteiger partial charge in [-0.2, -0.15) is 0 Å². The minimum Gasteiger partial charge on any atom is -0.494 e. The lowest BCUT2D eigenvalue weighted by Gasteiger charge is -1.98. The summed E-state index contributed by atoms with van der Waals surface area (Å²) >= 11 is 0. The zero-order valence-corrected chi connectivity index (χ0v) is 10.8. The highest BCUT2D eigenvalue weighted by Gasteiger charge is 2.21. The van der Waals surface area contributed by atoms with Crippen LogP contribution in [-0.2, 0) is 0 Å². The van der Waals surface area contributed by atoms with Crippen LogP contribution in [-0.4, -0.2) is 20.1 Å². The number of fused-ring (bicyclic) bond motifs is 2. The summed E-state index contributed by atoms with van der Waals surface area (Å²) in [7, 11) is 0. The van der Waals surface area contributed by atoms with E-state index >= 15 is 0 Å². The number of pyridine rings is 1. The summed E-state index contributed by atoms with van der Waals surface area (Å²) in [6.45, 7) is 0. The average molecular weight is 278 g/mol. The molecular formula is C15H10N4O2. The van der Waals surface area contributed by atoms with E-state index in [0.29, 0.717) is 16.9 Å². The van der Waals surface area contributed by atoms with E-state index in [4.69, 9.17) is 0 Å². The number of hydrogen-bond acceptors (Lipinski definition) is 4. The molecule has 0 radical (unpaired) electrons. The quantitative estimate of drug-likeness (QED) is 0.486. The molecular weight excluding hydrogens is 268 g/mol. The summed E-state index contributed by atoms with van der Waals surface area (Å²) in [4.78, 5) is 21.4. The molecule has 0 unspecified atom stereocenters. The normalized spacial score (nSPS) is 11.2. The number of nitrogens with zero attached hydrogens (tertiary/aromatic N) is 2. The number of nitroso groups, excluding NO2 is 1. The fourth-order valence-electron chi connectivity index (χ4n) is 2.66. The maximum absolute atomic E-state index is 11.3. The highest BCUT2D eigenvalue weighted by Crippen LogP contribution is 2.43. The van der Waals surface area contributed by atoms with Crippen LogP contribution in [0, 0.1) is 4.91 Å². The number of para-hydroxylation sites is 1. The molecule has 0 aliphatic heterocycles. The Labute approximate surface area is 118 Å². The van der Waals surface area contributed by atoms with Gasteiger partial charge in [-0.15, -0.1) is 4.91 Å². The molecule has 0 aliphatic carbocycles. The molecule has 4 aromatic rings. The van der Waals surface area contributed by atoms with Gasteiger partial charge in [0.15, 0.2) is 5.88 Å². The van der Waals surface area contributed by atoms with Crippen molar-refractivity contribution < 1.29 is 5.11 Å². The lowest BCUT2D eigenvalue weighted by atomic mass is 10.1. The van der Waals surface area contributed by atoms with E-state index in [9.17, 15) is 10.0 Å². The molecule has 0 fully saturated rings. The fourth-order valence-corrected chi connectivity index (χ4v) is 2.66. The molecule has 6 nitrogen and oxygen atoms in total. The van der Waals surface area contributed by atoms with Crippen molar-refractivity contribution in [3.63, 3.8) is 0 Å². The lowest BCUT2D eigenvalue weighted by Crippen LogP contribution is -1.77. The summed E-state index contributed by atoms with van der Waals surface area (Å²) in [5.74, 6) is -0.0415. The maximum atomic E-state index is 11.3. The van der Waals surface area contributed by atoms with Crippen molar-refractivity contribution in [2.45, 2.75) is 0 Å². The number of aromatic amines is 2. The number of aromatic nitrogens is 3. The van der Waals surface area contributed by atoms with E-state index in [0.717, 1.165) is 16.3 Å². The molecule has 0 saturated heterocycles. The molecule has 0 spiro atoms. The van der Waals surface area contributed by atoms with Gasteiger partial charge >= 0.3 is 0 Å². The Morgan fingerprint density at radius 2 is 1.86 bits per heavy atom. The Morgan fingerprint density at radius 3 is 2.71 bits per heavy atom. The Morgan fingerprint density at radius 1 is 1.05 bits per heavy atom. The van der Waals surface area contributed by atoms with Crippen molar-refractivity contribution in [3.05, 3.63) is 47.5 Å². The molecule has 0 atom stereocenters. The van der Waals surface area contributed by atoms with Crippen LogP contribution in [0.1, 0.15) is 0 Å². The second-order valence-electron chi connectivity index (χ2n) is 4.73. The summed E-state index contributed by atoms with van der Waals surface area (Å²) in [6.07, 6.45) is 1.63. The SMILES string of the molecule is O=Nc1c(-c2c(O)[nH]c3ncccc23)[nH]c2ccccc12. The summed E-state index contributed by atoms with van der Waals surface area (Å²) in [6, 6.07) is 11.0. The second-order valence-corrected chi connectivity index (χ2v) is 4.73. The molecule has 0 bridgehead atoms. The van der Waals surface area contributed by atoms with Crippen LogP contribution in [0.3, 0.4) is 0 Å². The van der Waals surface area contributed by atoms with Crippen molar-refractivity contribution in [2.75, 3.05) is 0 Å². The van der Waals surface area contributed by atoms with Gasteiger partial charge in [-0.05, 0) is 23.4 Å². The first-order chi connectivity index (χ1) is 10.3. The van der Waals surface area contributed by atoms with Gasteiger partial charge in [0.2, 0.25) is 0 Å². The molecule has 3 heterocycles. The molecule has 0 aliphatic rings. The van der Waals surface area contributed by atoms with Crippen LogP contribution < -0.4 is 0 Å². The van der Waals surface area contributed by atoms with Gasteiger partial charge < -0.3 is 15.1 Å². The number of nitrogens with one attached hydrogen (secondary N) is 2. The van der Waals surface area contributed by atoms with E-state index in [1.165, 1.54) is 0 Å². The van der Waals surface area contributed by atoms with Gasteiger partial charge in [0.1, 0.15) is 11.3 Å². The minimum absolute atomic E-state index is 0.0415. The van der Waals surface area contributed by atoms with E-state index in [1.54, 1.807) is 12.3 Å². The summed E-state index contributed by atoms with van der Waals surface area (Å²) in [5.41, 5.74) is 2.62. The lowest BCUT2D eigenvalue weighted by molar-refractivity contribution is 0.460. The van der Waals surface area contributed by atoms with Crippen LogP contribution >= 0.6 is 0 Å². The first-order valence-electron chi connectivity index (χ1n) is 6.39. The first kappa shape index (κ1) is 11.7. The van der Waals surface area contributed by atoms with Crippen LogP contribution in [0.25, 0.3) is 33.2 Å². The summed E-state index contributed by atoms with van der Waals surface area (Å²) in [5, 5.41) is 14.8. The van der Waals surface area contributed by atoms with Crippen molar-refractivity contribution in [3.8, 4) is 17.1 Å². The van der Waals surface area contributed by atoms with Crippen molar-refractivity contribution >= 4 is 27.6 Å². The Hall–Kier alpha value is -3.15. The van der Waals surface area contributed by atoms with Crippen LogP contribution in [0.15, 0.2) is 47.8 Å². The first-order valence-corrected chi connectivity index (χ1v) is 6.39. The standard InChI is InChI=1S/C15H10N4O2/c20-15-11(9-5-3-7-16-14(9)18-15)13-12(19-21)8-4-1-2-6-10(8)17-13/h1-7,17,20H,(H,16,18). The maximum Gasteiger partial charge on any atom is 0.200 e. The third-order valence-corrected chi connectivity index (χ3v) is 3.57. The Kier molecular flexibility index (Phi) is 2.32. The molecule has 1 aromatic carbocycles. The number of H-pyrrole nitrogens is 2. The van der Waals surface area contributed by atoms with E-state index in [2.05, 4.69) is 20.1 Å². The topological polar surface area (TPSA) is 94.1 Å². The minimum atomic E-state index is -0.0415. The van der Waals surface area contributed by atoms with E-state index in [1.807, 2.05) is 30.3 Å². The highest BCUT2D eigenvalue weighted by molar-refractivity contribution is 6.06. The molecule has 0 saturated carbocycles. The van der Waals surface area contributed by atoms with Gasteiger partial charge in [-0.3, -0.25) is 0 Å². The van der Waals surface area contributed by atoms with Gasteiger partial charge in [0.05, 0.1) is 11.3 Å². The molecule has 4 rings (SSSR count). The van der Waals surface area contributed by atoms with Gasteiger partial charge in [-0.25, -0.2) is 4.98 Å². The Balaban J connectivity index is 2.13. The molecule has 6 heteroatoms. The van der Waals surface area contributed by atoms with Gasteiger partial charge in [0, 0.05) is 22.5 Å². The Bertz CT molecular complexity index is 984. The zero-order chi connectivity index (χ0) is 14.4. The molecule has 102 valence electrons. The second kappa shape index (κ2) is 4.17. The zero-order valence-electron chi connectivity index (χ0n) is 10.8. The van der Waals surface area contributed by atoms with E-state index in [-0.39, 0.29) is 11.6 Å². The van der Waals surface area contributed by atoms with Gasteiger partial charge in [0.25, 0.3) is 0 Å². The average Bonchev–Trinajstić information content (AvgIpc) is 3.02.